The Hall–Kier alpha value is -0.570. The second-order valence-corrected chi connectivity index (χ2v) is 5.62. The topological polar surface area (TPSA) is 46.3 Å². The molecule has 1 saturated carbocycles. The molecular weight excluding hydrogens is 212 g/mol. The minimum atomic E-state index is 0.334. The number of nitrogens with zero attached hydrogens (tertiary/aromatic N) is 1. The summed E-state index contributed by atoms with van der Waals surface area (Å²) in [5.74, 6) is 0.784. The molecule has 1 amide bonds. The van der Waals surface area contributed by atoms with Crippen LogP contribution in [-0.2, 0) is 4.79 Å². The summed E-state index contributed by atoms with van der Waals surface area (Å²) in [5.41, 5.74) is 5.57. The van der Waals surface area contributed by atoms with E-state index >= 15 is 0 Å². The molecule has 0 bridgehead atoms. The summed E-state index contributed by atoms with van der Waals surface area (Å²) in [6.07, 6.45) is 7.88. The summed E-state index contributed by atoms with van der Waals surface area (Å²) >= 11 is 0. The van der Waals surface area contributed by atoms with E-state index in [-0.39, 0.29) is 0 Å². The molecular formula is C14H28N2O. The molecule has 0 spiro atoms. The molecule has 0 radical (unpaired) electrons. The SMILES string of the molecule is CC(C)CC(=O)N(CCCN)C1CCCCC1. The fraction of sp³-hybridized carbons (Fsp3) is 0.929. The second-order valence-electron chi connectivity index (χ2n) is 5.62. The Kier molecular flexibility index (Phi) is 6.56. The van der Waals surface area contributed by atoms with Crippen LogP contribution in [0.5, 0.6) is 0 Å². The van der Waals surface area contributed by atoms with Gasteiger partial charge in [-0.05, 0) is 31.7 Å². The molecule has 3 nitrogen and oxygen atoms in total. The number of hydrogen-bond acceptors (Lipinski definition) is 2. The van der Waals surface area contributed by atoms with E-state index in [9.17, 15) is 4.79 Å². The molecule has 2 N–H and O–H groups in total. The molecule has 1 rings (SSSR count). The Labute approximate surface area is 106 Å². The van der Waals surface area contributed by atoms with E-state index in [1.54, 1.807) is 0 Å². The number of nitrogens with two attached hydrogens (primary N) is 1. The van der Waals surface area contributed by atoms with Crippen molar-refractivity contribution in [2.24, 2.45) is 11.7 Å². The minimum Gasteiger partial charge on any atom is -0.340 e. The summed E-state index contributed by atoms with van der Waals surface area (Å²) in [7, 11) is 0. The van der Waals surface area contributed by atoms with Crippen LogP contribution in [0.1, 0.15) is 58.8 Å². The Morgan fingerprint density at radius 1 is 1.29 bits per heavy atom. The molecule has 0 aromatic carbocycles. The van der Waals surface area contributed by atoms with E-state index in [1.807, 2.05) is 0 Å². The van der Waals surface area contributed by atoms with E-state index < -0.39 is 0 Å². The monoisotopic (exact) mass is 240 g/mol. The Morgan fingerprint density at radius 3 is 2.47 bits per heavy atom. The van der Waals surface area contributed by atoms with E-state index in [2.05, 4.69) is 18.7 Å². The normalized spacial score (nSPS) is 17.4. The summed E-state index contributed by atoms with van der Waals surface area (Å²) in [6, 6.07) is 0.488. The van der Waals surface area contributed by atoms with Crippen LogP contribution in [-0.4, -0.2) is 29.9 Å². The van der Waals surface area contributed by atoms with Gasteiger partial charge in [-0.2, -0.15) is 0 Å². The molecule has 0 aromatic heterocycles. The van der Waals surface area contributed by atoms with Gasteiger partial charge < -0.3 is 10.6 Å². The molecule has 100 valence electrons. The summed E-state index contributed by atoms with van der Waals surface area (Å²) < 4.78 is 0. The number of rotatable bonds is 6. The van der Waals surface area contributed by atoms with E-state index in [4.69, 9.17) is 5.73 Å². The number of amides is 1. The smallest absolute Gasteiger partial charge is 0.223 e. The van der Waals surface area contributed by atoms with Gasteiger partial charge in [-0.15, -0.1) is 0 Å². The van der Waals surface area contributed by atoms with Crippen LogP contribution in [0, 0.1) is 5.92 Å². The Balaban J connectivity index is 2.54. The van der Waals surface area contributed by atoms with Gasteiger partial charge in [0.05, 0.1) is 0 Å². The lowest BCUT2D eigenvalue weighted by Gasteiger charge is -2.35. The standard InChI is InChI=1S/C14H28N2O/c1-12(2)11-14(17)16(10-6-9-15)13-7-4-3-5-8-13/h12-13H,3-11,15H2,1-2H3. The summed E-state index contributed by atoms with van der Waals surface area (Å²) in [5, 5.41) is 0. The van der Waals surface area contributed by atoms with Gasteiger partial charge in [-0.1, -0.05) is 33.1 Å². The van der Waals surface area contributed by atoms with Crippen LogP contribution in [0.3, 0.4) is 0 Å². The van der Waals surface area contributed by atoms with Crippen LogP contribution >= 0.6 is 0 Å². The highest BCUT2D eigenvalue weighted by Crippen LogP contribution is 2.23. The maximum atomic E-state index is 12.2. The zero-order valence-corrected chi connectivity index (χ0v) is 11.5. The number of carbonyl (C=O) groups excluding carboxylic acids is 1. The van der Waals surface area contributed by atoms with Gasteiger partial charge in [0.15, 0.2) is 0 Å². The first-order chi connectivity index (χ1) is 8.15. The van der Waals surface area contributed by atoms with Crippen molar-refractivity contribution < 1.29 is 4.79 Å². The van der Waals surface area contributed by atoms with Crippen LogP contribution in [0.15, 0.2) is 0 Å². The van der Waals surface area contributed by atoms with Gasteiger partial charge in [0.25, 0.3) is 0 Å². The van der Waals surface area contributed by atoms with Gasteiger partial charge in [0.1, 0.15) is 0 Å². The van der Waals surface area contributed by atoms with Crippen molar-refractivity contribution in [1.29, 1.82) is 0 Å². The fourth-order valence-electron chi connectivity index (χ4n) is 2.63. The zero-order chi connectivity index (χ0) is 12.7. The van der Waals surface area contributed by atoms with Crippen molar-refractivity contribution in [3.8, 4) is 0 Å². The highest BCUT2D eigenvalue weighted by atomic mass is 16.2. The predicted molar refractivity (Wildman–Crippen MR) is 71.7 cm³/mol. The lowest BCUT2D eigenvalue weighted by molar-refractivity contribution is -0.135. The van der Waals surface area contributed by atoms with Crippen LogP contribution in [0.25, 0.3) is 0 Å². The van der Waals surface area contributed by atoms with Crippen molar-refractivity contribution in [2.45, 2.75) is 64.8 Å². The lowest BCUT2D eigenvalue weighted by atomic mass is 9.93. The van der Waals surface area contributed by atoms with Crippen molar-refractivity contribution in [3.05, 3.63) is 0 Å². The predicted octanol–water partition coefficient (Wildman–Crippen LogP) is 2.54. The van der Waals surface area contributed by atoms with Gasteiger partial charge in [-0.3, -0.25) is 4.79 Å². The van der Waals surface area contributed by atoms with Crippen molar-refractivity contribution in [3.63, 3.8) is 0 Å². The Bertz CT molecular complexity index is 222. The fourth-order valence-corrected chi connectivity index (χ4v) is 2.63. The molecule has 0 heterocycles. The first kappa shape index (κ1) is 14.5. The summed E-state index contributed by atoms with van der Waals surface area (Å²) in [4.78, 5) is 14.4. The van der Waals surface area contributed by atoms with E-state index in [0.29, 0.717) is 30.8 Å². The first-order valence-corrected chi connectivity index (χ1v) is 7.14. The van der Waals surface area contributed by atoms with Crippen molar-refractivity contribution >= 4 is 5.91 Å². The van der Waals surface area contributed by atoms with E-state index in [0.717, 1.165) is 13.0 Å². The average molecular weight is 240 g/mol. The van der Waals surface area contributed by atoms with Gasteiger partial charge in [-0.25, -0.2) is 0 Å². The molecule has 0 atom stereocenters. The third-order valence-corrected chi connectivity index (χ3v) is 3.52. The van der Waals surface area contributed by atoms with Crippen LogP contribution in [0.4, 0.5) is 0 Å². The second kappa shape index (κ2) is 7.70. The third kappa shape index (κ3) is 5.07. The number of carbonyl (C=O) groups is 1. The molecule has 3 heteroatoms. The molecule has 1 fully saturated rings. The lowest BCUT2D eigenvalue weighted by Crippen LogP contribution is -2.43. The van der Waals surface area contributed by atoms with Gasteiger partial charge in [0.2, 0.25) is 5.91 Å². The van der Waals surface area contributed by atoms with Gasteiger partial charge in [0, 0.05) is 19.0 Å². The van der Waals surface area contributed by atoms with E-state index in [1.165, 1.54) is 32.1 Å². The molecule has 0 aromatic rings. The maximum Gasteiger partial charge on any atom is 0.223 e. The largest absolute Gasteiger partial charge is 0.340 e. The molecule has 17 heavy (non-hydrogen) atoms. The summed E-state index contributed by atoms with van der Waals surface area (Å²) in [6.45, 7) is 5.75. The quantitative estimate of drug-likeness (QED) is 0.775. The average Bonchev–Trinajstić information content (AvgIpc) is 2.30. The first-order valence-electron chi connectivity index (χ1n) is 7.14. The maximum absolute atomic E-state index is 12.2. The van der Waals surface area contributed by atoms with Crippen molar-refractivity contribution in [2.75, 3.05) is 13.1 Å². The zero-order valence-electron chi connectivity index (χ0n) is 11.5. The van der Waals surface area contributed by atoms with Crippen LogP contribution < -0.4 is 5.73 Å². The Morgan fingerprint density at radius 2 is 1.94 bits per heavy atom. The molecule has 1 aliphatic rings. The highest BCUT2D eigenvalue weighted by Gasteiger charge is 2.24. The highest BCUT2D eigenvalue weighted by molar-refractivity contribution is 5.76. The molecule has 1 aliphatic carbocycles. The number of hydrogen-bond donors (Lipinski definition) is 1. The minimum absolute atomic E-state index is 0.334. The third-order valence-electron chi connectivity index (χ3n) is 3.52. The molecule has 0 saturated heterocycles. The van der Waals surface area contributed by atoms with Crippen molar-refractivity contribution in [1.82, 2.24) is 4.90 Å². The van der Waals surface area contributed by atoms with Crippen LogP contribution in [0.2, 0.25) is 0 Å². The van der Waals surface area contributed by atoms with Gasteiger partial charge >= 0.3 is 0 Å². The molecule has 0 unspecified atom stereocenters. The molecule has 0 aliphatic heterocycles.